The summed E-state index contributed by atoms with van der Waals surface area (Å²) in [5.41, 5.74) is 8.27. The Labute approximate surface area is 466 Å². The molecule has 13 rings (SSSR count). The van der Waals surface area contributed by atoms with Crippen molar-refractivity contribution >= 4 is 46.4 Å². The summed E-state index contributed by atoms with van der Waals surface area (Å²) >= 11 is 0. The van der Waals surface area contributed by atoms with E-state index in [0.717, 1.165) is 38.8 Å². The fourth-order valence-corrected chi connectivity index (χ4v) is 13.1. The number of ether oxygens (including phenoxy) is 16. The van der Waals surface area contributed by atoms with Gasteiger partial charge in [0.1, 0.15) is 73.2 Å². The summed E-state index contributed by atoms with van der Waals surface area (Å²) in [6.45, 7) is 31.7. The number of aromatic amines is 2. The van der Waals surface area contributed by atoms with E-state index < -0.39 is 120 Å². The molecule has 0 aliphatic carbocycles. The average Bonchev–Trinajstić information content (AvgIpc) is 4.19. The van der Waals surface area contributed by atoms with Crippen LogP contribution >= 0.6 is 0 Å². The average molecular weight is 1110 g/mol. The molecular formula is C60H78N4O16. The molecule has 3 aromatic heterocycles. The molecule has 0 unspecified atom stereocenters. The largest absolute Gasteiger partial charge is 0.355 e. The van der Waals surface area contributed by atoms with Gasteiger partial charge in [0.2, 0.25) is 0 Å². The number of nitrogens with one attached hydrogen (secondary N) is 2. The third kappa shape index (κ3) is 10.3. The molecule has 20 nitrogen and oxygen atoms in total. The maximum Gasteiger partial charge on any atom is 0.164 e. The van der Waals surface area contributed by atoms with Crippen LogP contribution in [0.1, 0.15) is 180 Å². The van der Waals surface area contributed by atoms with E-state index in [9.17, 15) is 0 Å². The van der Waals surface area contributed by atoms with Gasteiger partial charge in [-0.15, -0.1) is 0 Å². The lowest BCUT2D eigenvalue weighted by molar-refractivity contribution is -0.174. The van der Waals surface area contributed by atoms with Crippen molar-refractivity contribution in [1.82, 2.24) is 19.9 Å². The number of hydrogen-bond donors (Lipinski definition) is 2. The van der Waals surface area contributed by atoms with Crippen LogP contribution in [0.2, 0.25) is 0 Å². The zero-order valence-electron chi connectivity index (χ0n) is 48.8. The van der Waals surface area contributed by atoms with Crippen molar-refractivity contribution in [2.75, 3.05) is 26.4 Å². The Morgan fingerprint density at radius 1 is 0.300 bits per heavy atom. The summed E-state index contributed by atoms with van der Waals surface area (Å²) in [5, 5.41) is 0. The zero-order valence-corrected chi connectivity index (χ0v) is 48.8. The molecule has 434 valence electrons. The maximum atomic E-state index is 7.05. The Morgan fingerprint density at radius 3 is 0.800 bits per heavy atom. The van der Waals surface area contributed by atoms with E-state index >= 15 is 0 Å². The van der Waals surface area contributed by atoms with E-state index in [-0.39, 0.29) is 6.61 Å². The minimum Gasteiger partial charge on any atom is -0.355 e. The summed E-state index contributed by atoms with van der Waals surface area (Å²) in [7, 11) is 0. The first kappa shape index (κ1) is 55.2. The van der Waals surface area contributed by atoms with Crippen LogP contribution in [-0.2, 0) is 75.8 Å². The van der Waals surface area contributed by atoms with Crippen molar-refractivity contribution in [3.8, 4) is 0 Å². The van der Waals surface area contributed by atoms with E-state index in [4.69, 9.17) is 85.8 Å². The van der Waals surface area contributed by atoms with Crippen molar-refractivity contribution < 1.29 is 75.8 Å². The summed E-state index contributed by atoms with van der Waals surface area (Å²) in [6, 6.07) is 8.22. The van der Waals surface area contributed by atoms with Crippen molar-refractivity contribution in [3.05, 3.63) is 69.3 Å². The molecule has 0 aromatic carbocycles. The Kier molecular flexibility index (Phi) is 12.9. The molecule has 80 heavy (non-hydrogen) atoms. The minimum absolute atomic E-state index is 0.287. The first-order valence-electron chi connectivity index (χ1n) is 28.2. The van der Waals surface area contributed by atoms with Gasteiger partial charge < -0.3 is 85.8 Å². The molecule has 0 spiro atoms. The molecular weight excluding hydrogens is 1030 g/mol. The highest BCUT2D eigenvalue weighted by molar-refractivity contribution is 5.84. The normalized spacial score (nSPS) is 36.7. The SMILES string of the molecule is CC1(C)O[C@H]([C@H]2COC(C)(C)O2)[C@@H](c2c3nc(c([C@H]4OC(C)(C)O[C@@H]4[C@H]4COC(C)(C)O4)c4ccc([nH]4)c([C@H]4OC(C)(C)O[C@@H]4[C@H]4COC(C)(C)O4)c4ccc([nH]4)c([C@H]4OC(C)(C)O[C@@H]4[C@H]4COC(C)(C)O4)c4nc2C=C4)C=C3)O1. The molecule has 10 aliphatic heterocycles. The summed E-state index contributed by atoms with van der Waals surface area (Å²) in [4.78, 5) is 19.0. The van der Waals surface area contributed by atoms with E-state index in [1.54, 1.807) is 0 Å². The molecule has 3 aromatic rings. The Hall–Kier alpha value is -4.04. The van der Waals surface area contributed by atoms with Gasteiger partial charge in [-0.3, -0.25) is 0 Å². The lowest BCUT2D eigenvalue weighted by Gasteiger charge is -2.25. The molecule has 13 heterocycles. The molecule has 8 bridgehead atoms. The summed E-state index contributed by atoms with van der Waals surface area (Å²) in [6.07, 6.45) is 0.738. The first-order chi connectivity index (χ1) is 37.4. The summed E-state index contributed by atoms with van der Waals surface area (Å²) in [5.74, 6) is -7.47. The maximum absolute atomic E-state index is 7.05. The molecule has 0 saturated carbocycles. The van der Waals surface area contributed by atoms with Crippen molar-refractivity contribution in [2.45, 2.75) is 230 Å². The van der Waals surface area contributed by atoms with Gasteiger partial charge in [0.15, 0.2) is 46.3 Å². The second-order valence-corrected chi connectivity index (χ2v) is 26.2. The van der Waals surface area contributed by atoms with Crippen molar-refractivity contribution in [3.63, 3.8) is 0 Å². The zero-order chi connectivity index (χ0) is 56.5. The highest BCUT2D eigenvalue weighted by Gasteiger charge is 2.56. The first-order valence-corrected chi connectivity index (χ1v) is 28.2. The topological polar surface area (TPSA) is 205 Å². The van der Waals surface area contributed by atoms with Crippen LogP contribution in [-0.4, -0.2) is 141 Å². The molecule has 12 atom stereocenters. The smallest absolute Gasteiger partial charge is 0.164 e. The van der Waals surface area contributed by atoms with Crippen LogP contribution in [0.3, 0.4) is 0 Å². The van der Waals surface area contributed by atoms with Gasteiger partial charge in [0.25, 0.3) is 0 Å². The number of fused-ring (bicyclic) bond motifs is 8. The van der Waals surface area contributed by atoms with Gasteiger partial charge in [-0.25, -0.2) is 9.97 Å². The van der Waals surface area contributed by atoms with Gasteiger partial charge in [0, 0.05) is 44.3 Å². The molecule has 8 saturated heterocycles. The number of aromatic nitrogens is 4. The molecule has 0 radical (unpaired) electrons. The lowest BCUT2D eigenvalue weighted by Crippen LogP contribution is -2.35. The third-order valence-corrected chi connectivity index (χ3v) is 16.2. The van der Waals surface area contributed by atoms with Crippen LogP contribution in [0.4, 0.5) is 0 Å². The van der Waals surface area contributed by atoms with Crippen LogP contribution in [0.15, 0.2) is 24.3 Å². The third-order valence-electron chi connectivity index (χ3n) is 16.2. The quantitative estimate of drug-likeness (QED) is 0.148. The van der Waals surface area contributed by atoms with Crippen LogP contribution in [0, 0.1) is 0 Å². The predicted octanol–water partition coefficient (Wildman–Crippen LogP) is 10.0. The molecule has 2 N–H and O–H groups in total. The van der Waals surface area contributed by atoms with Gasteiger partial charge in [0.05, 0.1) is 49.2 Å². The Balaban J connectivity index is 1.11. The second-order valence-electron chi connectivity index (χ2n) is 26.2. The van der Waals surface area contributed by atoms with Gasteiger partial charge in [-0.1, -0.05) is 0 Å². The van der Waals surface area contributed by atoms with Gasteiger partial charge in [-0.2, -0.15) is 0 Å². The molecule has 20 heteroatoms. The van der Waals surface area contributed by atoms with Crippen LogP contribution < -0.4 is 0 Å². The lowest BCUT2D eigenvalue weighted by atomic mass is 9.97. The Morgan fingerprint density at radius 2 is 0.537 bits per heavy atom. The van der Waals surface area contributed by atoms with E-state index in [2.05, 4.69) is 34.2 Å². The number of H-pyrrole nitrogens is 2. The fourth-order valence-electron chi connectivity index (χ4n) is 13.1. The highest BCUT2D eigenvalue weighted by Crippen LogP contribution is 2.51. The van der Waals surface area contributed by atoms with Gasteiger partial charge >= 0.3 is 0 Å². The van der Waals surface area contributed by atoms with E-state index in [1.807, 2.05) is 135 Å². The molecule has 0 amide bonds. The van der Waals surface area contributed by atoms with Crippen LogP contribution in [0.5, 0.6) is 0 Å². The summed E-state index contributed by atoms with van der Waals surface area (Å²) < 4.78 is 107. The minimum atomic E-state index is -1.03. The standard InChI is InChI=1S/C60H78N4O16/c1-53(2)65-25-37(69-53)45-49(77-57(9,10)73-45)41-29-17-19-31(61-29)42(50-46(74-58(11,12)78-50)38-26-66-54(3,4)70-38)33-21-23-35(63-33)44(52-48(76-60(15,16)80-52)40-28-68-56(7,8)72-40)36-24-22-34(64-36)43(32-20-18-30(41)62-32)51-47(75-59(13,14)79-51)39-27-67-55(5,6)71-39/h17-24,37-40,45-52,61-62H,25-28H2,1-16H3/t37-,38-,39-,40-,45-,46-,47-,48-,49-,50-,51-,52-/m1/s1. The number of hydrogen-bond acceptors (Lipinski definition) is 18. The number of nitrogens with zero attached hydrogens (tertiary/aromatic N) is 2. The highest BCUT2D eigenvalue weighted by atomic mass is 16.8. The van der Waals surface area contributed by atoms with Crippen LogP contribution in [0.25, 0.3) is 46.4 Å². The monoisotopic (exact) mass is 1110 g/mol. The Bertz CT molecular complexity index is 3040. The van der Waals surface area contributed by atoms with E-state index in [1.165, 1.54) is 0 Å². The van der Waals surface area contributed by atoms with Crippen molar-refractivity contribution in [2.24, 2.45) is 0 Å². The number of rotatable bonds is 8. The fraction of sp³-hybridized carbons (Fsp3) is 0.667. The molecule has 8 fully saturated rings. The second kappa shape index (κ2) is 18.7. The molecule has 10 aliphatic rings. The van der Waals surface area contributed by atoms with E-state index in [0.29, 0.717) is 48.2 Å². The van der Waals surface area contributed by atoms with Gasteiger partial charge in [-0.05, 0) is 159 Å². The van der Waals surface area contributed by atoms with Crippen molar-refractivity contribution in [1.29, 1.82) is 0 Å². The predicted molar refractivity (Wildman–Crippen MR) is 290 cm³/mol.